The average molecular weight is 334 g/mol. The van der Waals surface area contributed by atoms with Crippen LogP contribution in [-0.2, 0) is 10.0 Å². The molecule has 0 atom stereocenters. The Hall–Kier alpha value is -0.390. The number of sulfonamides is 1. The van der Waals surface area contributed by atoms with Crippen molar-refractivity contribution in [2.24, 2.45) is 0 Å². The molecule has 1 rings (SSSR count). The molecule has 0 saturated heterocycles. The molecule has 0 bridgehead atoms. The van der Waals surface area contributed by atoms with Crippen molar-refractivity contribution in [2.75, 3.05) is 0 Å². The lowest BCUT2D eigenvalue weighted by molar-refractivity contribution is 0.567. The minimum Gasteiger partial charge on any atom is -0.209 e. The van der Waals surface area contributed by atoms with Gasteiger partial charge in [-0.25, -0.2) is 13.1 Å². The van der Waals surface area contributed by atoms with Crippen LogP contribution in [0.2, 0.25) is 0 Å². The molecular formula is C13H20BrNO2S. The van der Waals surface area contributed by atoms with E-state index < -0.39 is 10.0 Å². The lowest BCUT2D eigenvalue weighted by atomic mass is 10.0. The number of hydrogen-bond acceptors (Lipinski definition) is 2. The highest BCUT2D eigenvalue weighted by Crippen LogP contribution is 2.29. The molecule has 102 valence electrons. The number of aryl methyl sites for hydroxylation is 1. The molecule has 0 amide bonds. The molecule has 0 unspecified atom stereocenters. The summed E-state index contributed by atoms with van der Waals surface area (Å²) in [4.78, 5) is 0.381. The van der Waals surface area contributed by atoms with Crippen molar-refractivity contribution in [3.8, 4) is 0 Å². The number of benzene rings is 1. The van der Waals surface area contributed by atoms with Crippen molar-refractivity contribution in [3.63, 3.8) is 0 Å². The normalized spacial score (nSPS) is 12.4. The SMILES string of the molecule is Cc1cc(S(=O)(=O)NC(C)C)c(C(C)C)cc1Br. The van der Waals surface area contributed by atoms with Crippen molar-refractivity contribution in [1.82, 2.24) is 4.72 Å². The molecule has 1 N–H and O–H groups in total. The standard InChI is InChI=1S/C13H20BrNO2S/c1-8(2)11-7-12(14)10(5)6-13(11)18(16,17)15-9(3)4/h6-9,15H,1-5H3. The summed E-state index contributed by atoms with van der Waals surface area (Å²) < 4.78 is 28.2. The van der Waals surface area contributed by atoms with Crippen molar-refractivity contribution in [3.05, 3.63) is 27.7 Å². The summed E-state index contributed by atoms with van der Waals surface area (Å²) in [7, 11) is -3.45. The quantitative estimate of drug-likeness (QED) is 0.915. The van der Waals surface area contributed by atoms with Crippen molar-refractivity contribution in [2.45, 2.75) is 51.5 Å². The molecule has 5 heteroatoms. The van der Waals surface area contributed by atoms with Gasteiger partial charge in [-0.3, -0.25) is 0 Å². The highest BCUT2D eigenvalue weighted by atomic mass is 79.9. The van der Waals surface area contributed by atoms with Gasteiger partial charge in [0.2, 0.25) is 10.0 Å². The molecule has 0 heterocycles. The van der Waals surface area contributed by atoms with Crippen molar-refractivity contribution in [1.29, 1.82) is 0 Å². The van der Waals surface area contributed by atoms with E-state index in [-0.39, 0.29) is 12.0 Å². The Morgan fingerprint density at radius 3 is 2.17 bits per heavy atom. The second-order valence-electron chi connectivity index (χ2n) is 5.07. The lowest BCUT2D eigenvalue weighted by Gasteiger charge is -2.17. The van der Waals surface area contributed by atoms with Crippen LogP contribution in [-0.4, -0.2) is 14.5 Å². The van der Waals surface area contributed by atoms with Gasteiger partial charge >= 0.3 is 0 Å². The molecule has 0 radical (unpaired) electrons. The minimum absolute atomic E-state index is 0.112. The fraction of sp³-hybridized carbons (Fsp3) is 0.538. The summed E-state index contributed by atoms with van der Waals surface area (Å²) in [6.45, 7) is 9.51. The van der Waals surface area contributed by atoms with E-state index >= 15 is 0 Å². The fourth-order valence-corrected chi connectivity index (χ4v) is 3.77. The molecule has 0 saturated carbocycles. The van der Waals surface area contributed by atoms with E-state index in [0.717, 1.165) is 15.6 Å². The topological polar surface area (TPSA) is 46.2 Å². The first-order valence-electron chi connectivity index (χ1n) is 5.97. The van der Waals surface area contributed by atoms with E-state index in [4.69, 9.17) is 0 Å². The molecule has 1 aromatic carbocycles. The average Bonchev–Trinajstić information content (AvgIpc) is 2.18. The first-order chi connectivity index (χ1) is 8.15. The Morgan fingerprint density at radius 1 is 1.17 bits per heavy atom. The number of halogens is 1. The van der Waals surface area contributed by atoms with Gasteiger partial charge in [-0.2, -0.15) is 0 Å². The zero-order valence-corrected chi connectivity index (χ0v) is 13.8. The first-order valence-corrected chi connectivity index (χ1v) is 8.25. The maximum Gasteiger partial charge on any atom is 0.241 e. The molecule has 18 heavy (non-hydrogen) atoms. The summed E-state index contributed by atoms with van der Waals surface area (Å²) >= 11 is 3.45. The maximum atomic E-state index is 12.3. The number of nitrogens with one attached hydrogen (secondary N) is 1. The zero-order chi connectivity index (χ0) is 14.1. The van der Waals surface area contributed by atoms with Crippen LogP contribution in [0.1, 0.15) is 44.7 Å². The van der Waals surface area contributed by atoms with Crippen LogP contribution in [0.5, 0.6) is 0 Å². The van der Waals surface area contributed by atoms with E-state index in [0.29, 0.717) is 4.90 Å². The molecule has 1 aromatic rings. The molecule has 0 fully saturated rings. The van der Waals surface area contributed by atoms with Crippen LogP contribution in [0, 0.1) is 6.92 Å². The molecular weight excluding hydrogens is 314 g/mol. The monoisotopic (exact) mass is 333 g/mol. The third-order valence-corrected chi connectivity index (χ3v) is 5.16. The second kappa shape index (κ2) is 5.72. The van der Waals surface area contributed by atoms with Gasteiger partial charge in [0.1, 0.15) is 0 Å². The largest absolute Gasteiger partial charge is 0.241 e. The Bertz CT molecular complexity index is 536. The van der Waals surface area contributed by atoms with Gasteiger partial charge in [-0.15, -0.1) is 0 Å². The van der Waals surface area contributed by atoms with Crippen LogP contribution in [0.4, 0.5) is 0 Å². The summed E-state index contributed by atoms with van der Waals surface area (Å²) in [6, 6.07) is 3.51. The summed E-state index contributed by atoms with van der Waals surface area (Å²) in [5.74, 6) is 0.153. The smallest absolute Gasteiger partial charge is 0.209 e. The van der Waals surface area contributed by atoms with Gasteiger partial charge in [-0.1, -0.05) is 29.8 Å². The predicted octanol–water partition coefficient (Wildman–Crippen LogP) is 3.57. The van der Waals surface area contributed by atoms with Crippen LogP contribution in [0.15, 0.2) is 21.5 Å². The van der Waals surface area contributed by atoms with Crippen molar-refractivity contribution >= 4 is 26.0 Å². The predicted molar refractivity (Wildman–Crippen MR) is 78.4 cm³/mol. The minimum atomic E-state index is -3.45. The van der Waals surface area contributed by atoms with E-state index in [1.807, 2.05) is 40.7 Å². The Morgan fingerprint density at radius 2 is 1.72 bits per heavy atom. The molecule has 0 spiro atoms. The first kappa shape index (κ1) is 15.7. The summed E-state index contributed by atoms with van der Waals surface area (Å²) in [5, 5.41) is 0. The number of rotatable bonds is 4. The molecule has 0 aromatic heterocycles. The van der Waals surface area contributed by atoms with Gasteiger partial charge in [0.25, 0.3) is 0 Å². The molecule has 0 aliphatic heterocycles. The molecule has 3 nitrogen and oxygen atoms in total. The van der Waals surface area contributed by atoms with Gasteiger partial charge in [0.05, 0.1) is 4.90 Å². The van der Waals surface area contributed by atoms with E-state index in [1.165, 1.54) is 0 Å². The van der Waals surface area contributed by atoms with E-state index in [1.54, 1.807) is 6.07 Å². The van der Waals surface area contributed by atoms with Crippen LogP contribution in [0.25, 0.3) is 0 Å². The second-order valence-corrected chi connectivity index (χ2v) is 7.61. The highest BCUT2D eigenvalue weighted by molar-refractivity contribution is 9.10. The molecule has 0 aliphatic rings. The Kier molecular flexibility index (Phi) is 4.98. The summed E-state index contributed by atoms with van der Waals surface area (Å²) in [6.07, 6.45) is 0. The van der Waals surface area contributed by atoms with Gasteiger partial charge in [-0.05, 0) is 49.9 Å². The highest BCUT2D eigenvalue weighted by Gasteiger charge is 2.22. The van der Waals surface area contributed by atoms with E-state index in [2.05, 4.69) is 20.7 Å². The number of hydrogen-bond donors (Lipinski definition) is 1. The van der Waals surface area contributed by atoms with Crippen LogP contribution >= 0.6 is 15.9 Å². The maximum absolute atomic E-state index is 12.3. The Balaban J connectivity index is 3.44. The van der Waals surface area contributed by atoms with Crippen LogP contribution < -0.4 is 4.72 Å². The van der Waals surface area contributed by atoms with Gasteiger partial charge in [0, 0.05) is 10.5 Å². The van der Waals surface area contributed by atoms with Crippen molar-refractivity contribution < 1.29 is 8.42 Å². The van der Waals surface area contributed by atoms with E-state index in [9.17, 15) is 8.42 Å². The third kappa shape index (κ3) is 3.56. The third-order valence-electron chi connectivity index (χ3n) is 2.59. The summed E-state index contributed by atoms with van der Waals surface area (Å²) in [5.41, 5.74) is 1.75. The Labute approximate surface area is 118 Å². The fourth-order valence-electron chi connectivity index (χ4n) is 1.73. The lowest BCUT2D eigenvalue weighted by Crippen LogP contribution is -2.31. The van der Waals surface area contributed by atoms with Gasteiger partial charge < -0.3 is 0 Å². The van der Waals surface area contributed by atoms with Gasteiger partial charge in [0.15, 0.2) is 0 Å². The molecule has 0 aliphatic carbocycles. The van der Waals surface area contributed by atoms with Crippen LogP contribution in [0.3, 0.4) is 0 Å². The zero-order valence-electron chi connectivity index (χ0n) is 11.4.